The van der Waals surface area contributed by atoms with Gasteiger partial charge in [0.15, 0.2) is 0 Å². The van der Waals surface area contributed by atoms with Crippen LogP contribution in [0.1, 0.15) is 46.0 Å². The van der Waals surface area contributed by atoms with Crippen molar-refractivity contribution in [1.82, 2.24) is 5.32 Å². The molecule has 0 saturated heterocycles. The average Bonchev–Trinajstić information content (AvgIpc) is 2.29. The van der Waals surface area contributed by atoms with Crippen molar-refractivity contribution in [3.63, 3.8) is 0 Å². The van der Waals surface area contributed by atoms with Crippen LogP contribution in [0.15, 0.2) is 0 Å². The van der Waals surface area contributed by atoms with Crippen LogP contribution >= 0.6 is 0 Å². The van der Waals surface area contributed by atoms with Crippen LogP contribution in [-0.2, 0) is 14.3 Å². The van der Waals surface area contributed by atoms with E-state index in [1.54, 1.807) is 0 Å². The number of aliphatic carboxylic acids is 1. The minimum Gasteiger partial charge on any atom is -0.481 e. The van der Waals surface area contributed by atoms with Gasteiger partial charge in [0.25, 0.3) is 0 Å². The molecule has 1 rings (SSSR count). The van der Waals surface area contributed by atoms with E-state index >= 15 is 0 Å². The summed E-state index contributed by atoms with van der Waals surface area (Å²) in [6, 6.07) is 0.132. The largest absolute Gasteiger partial charge is 0.481 e. The summed E-state index contributed by atoms with van der Waals surface area (Å²) < 4.78 is 5.31. The van der Waals surface area contributed by atoms with Gasteiger partial charge < -0.3 is 15.2 Å². The van der Waals surface area contributed by atoms with Crippen LogP contribution in [0.3, 0.4) is 0 Å². The van der Waals surface area contributed by atoms with Crippen LogP contribution < -0.4 is 5.32 Å². The van der Waals surface area contributed by atoms with Gasteiger partial charge in [-0.3, -0.25) is 9.59 Å². The highest BCUT2D eigenvalue weighted by Crippen LogP contribution is 2.24. The molecule has 1 fully saturated rings. The highest BCUT2D eigenvalue weighted by atomic mass is 16.5. The van der Waals surface area contributed by atoms with Crippen LogP contribution in [0.5, 0.6) is 0 Å². The smallest absolute Gasteiger partial charge is 0.306 e. The third-order valence-electron chi connectivity index (χ3n) is 3.22. The molecule has 0 bridgehead atoms. The second kappa shape index (κ2) is 7.36. The van der Waals surface area contributed by atoms with Gasteiger partial charge in [-0.25, -0.2) is 0 Å². The molecule has 2 N–H and O–H groups in total. The third-order valence-corrected chi connectivity index (χ3v) is 3.22. The Balaban J connectivity index is 2.16. The number of carboxylic acids is 1. The Labute approximate surface area is 108 Å². The highest BCUT2D eigenvalue weighted by Gasteiger charge is 2.26. The van der Waals surface area contributed by atoms with E-state index in [2.05, 4.69) is 5.32 Å². The van der Waals surface area contributed by atoms with Crippen LogP contribution in [0.2, 0.25) is 0 Å². The molecule has 0 aromatic rings. The highest BCUT2D eigenvalue weighted by molar-refractivity contribution is 5.76. The summed E-state index contributed by atoms with van der Waals surface area (Å²) in [5, 5.41) is 11.8. The SMILES string of the molecule is CC(C)OCCC(=O)NC1CCC(C(=O)O)CC1. The maximum atomic E-state index is 11.6. The van der Waals surface area contributed by atoms with E-state index in [1.165, 1.54) is 0 Å². The maximum Gasteiger partial charge on any atom is 0.306 e. The molecule has 18 heavy (non-hydrogen) atoms. The van der Waals surface area contributed by atoms with Crippen LogP contribution in [0, 0.1) is 5.92 Å². The molecular formula is C13H23NO4. The number of carbonyl (C=O) groups is 2. The number of nitrogens with one attached hydrogen (secondary N) is 1. The molecule has 5 heteroatoms. The van der Waals surface area contributed by atoms with Crippen molar-refractivity contribution in [3.8, 4) is 0 Å². The van der Waals surface area contributed by atoms with Crippen molar-refractivity contribution in [1.29, 1.82) is 0 Å². The molecule has 0 aromatic heterocycles. The van der Waals surface area contributed by atoms with Gasteiger partial charge >= 0.3 is 5.97 Å². The van der Waals surface area contributed by atoms with Crippen molar-refractivity contribution in [3.05, 3.63) is 0 Å². The van der Waals surface area contributed by atoms with Gasteiger partial charge in [0, 0.05) is 12.5 Å². The van der Waals surface area contributed by atoms with Crippen molar-refractivity contribution in [2.45, 2.75) is 58.1 Å². The van der Waals surface area contributed by atoms with E-state index in [1.807, 2.05) is 13.8 Å². The van der Waals surface area contributed by atoms with Crippen molar-refractivity contribution < 1.29 is 19.4 Å². The first kappa shape index (κ1) is 15.0. The van der Waals surface area contributed by atoms with Crippen LogP contribution in [0.4, 0.5) is 0 Å². The Kier molecular flexibility index (Phi) is 6.12. The minimum absolute atomic E-state index is 0.00516. The molecule has 1 aliphatic rings. The Morgan fingerprint density at radius 1 is 1.28 bits per heavy atom. The second-order valence-corrected chi connectivity index (χ2v) is 5.12. The molecular weight excluding hydrogens is 234 g/mol. The normalized spacial score (nSPS) is 23.9. The molecule has 0 unspecified atom stereocenters. The summed E-state index contributed by atoms with van der Waals surface area (Å²) >= 11 is 0. The van der Waals surface area contributed by atoms with Gasteiger partial charge in [0.05, 0.1) is 18.6 Å². The lowest BCUT2D eigenvalue weighted by atomic mass is 9.86. The average molecular weight is 257 g/mol. The number of ether oxygens (including phenoxy) is 1. The molecule has 1 aliphatic carbocycles. The Bertz CT molecular complexity index is 283. The topological polar surface area (TPSA) is 75.6 Å². The first-order chi connectivity index (χ1) is 8.49. The fourth-order valence-corrected chi connectivity index (χ4v) is 2.17. The van der Waals surface area contributed by atoms with Crippen molar-refractivity contribution >= 4 is 11.9 Å². The first-order valence-corrected chi connectivity index (χ1v) is 6.62. The van der Waals surface area contributed by atoms with E-state index in [9.17, 15) is 9.59 Å². The summed E-state index contributed by atoms with van der Waals surface area (Å²) in [6.07, 6.45) is 3.34. The standard InChI is InChI=1S/C13H23NO4/c1-9(2)18-8-7-12(15)14-11-5-3-10(4-6-11)13(16)17/h9-11H,3-8H2,1-2H3,(H,14,15)(H,16,17). The molecule has 0 aromatic carbocycles. The number of rotatable bonds is 6. The zero-order chi connectivity index (χ0) is 13.5. The first-order valence-electron chi connectivity index (χ1n) is 6.62. The van der Waals surface area contributed by atoms with Gasteiger partial charge in [0.1, 0.15) is 0 Å². The van der Waals surface area contributed by atoms with Crippen molar-refractivity contribution in [2.24, 2.45) is 5.92 Å². The molecule has 104 valence electrons. The van der Waals surface area contributed by atoms with E-state index in [4.69, 9.17) is 9.84 Å². The molecule has 0 atom stereocenters. The zero-order valence-corrected chi connectivity index (χ0v) is 11.1. The summed E-state index contributed by atoms with van der Waals surface area (Å²) in [5.41, 5.74) is 0. The van der Waals surface area contributed by atoms with Gasteiger partial charge in [-0.05, 0) is 39.5 Å². The molecule has 5 nitrogen and oxygen atoms in total. The Hall–Kier alpha value is -1.10. The number of amides is 1. The van der Waals surface area contributed by atoms with Gasteiger partial charge in [-0.2, -0.15) is 0 Å². The maximum absolute atomic E-state index is 11.6. The molecule has 0 spiro atoms. The number of hydrogen-bond donors (Lipinski definition) is 2. The number of hydrogen-bond acceptors (Lipinski definition) is 3. The predicted octanol–water partition coefficient (Wildman–Crippen LogP) is 1.56. The van der Waals surface area contributed by atoms with E-state index < -0.39 is 5.97 Å². The lowest BCUT2D eigenvalue weighted by Crippen LogP contribution is -2.39. The van der Waals surface area contributed by atoms with Crippen LogP contribution in [-0.4, -0.2) is 35.7 Å². The molecule has 0 radical (unpaired) electrons. The molecule has 0 heterocycles. The monoisotopic (exact) mass is 257 g/mol. The van der Waals surface area contributed by atoms with E-state index in [0.717, 1.165) is 12.8 Å². The van der Waals surface area contributed by atoms with Gasteiger partial charge in [0.2, 0.25) is 5.91 Å². The zero-order valence-electron chi connectivity index (χ0n) is 11.1. The molecule has 1 amide bonds. The summed E-state index contributed by atoms with van der Waals surface area (Å²) in [6.45, 7) is 4.31. The van der Waals surface area contributed by atoms with Crippen molar-refractivity contribution in [2.75, 3.05) is 6.61 Å². The molecule has 1 saturated carbocycles. The fraction of sp³-hybridized carbons (Fsp3) is 0.846. The molecule has 0 aliphatic heterocycles. The fourth-order valence-electron chi connectivity index (χ4n) is 2.17. The number of carboxylic acid groups (broad SMARTS) is 1. The Morgan fingerprint density at radius 3 is 2.39 bits per heavy atom. The predicted molar refractivity (Wildman–Crippen MR) is 67.2 cm³/mol. The lowest BCUT2D eigenvalue weighted by Gasteiger charge is -2.26. The second-order valence-electron chi connectivity index (χ2n) is 5.12. The summed E-state index contributed by atoms with van der Waals surface area (Å²) in [7, 11) is 0. The van der Waals surface area contributed by atoms with Gasteiger partial charge in [-0.1, -0.05) is 0 Å². The lowest BCUT2D eigenvalue weighted by molar-refractivity contribution is -0.142. The summed E-state index contributed by atoms with van der Waals surface area (Å²) in [5.74, 6) is -0.957. The summed E-state index contributed by atoms with van der Waals surface area (Å²) in [4.78, 5) is 22.4. The van der Waals surface area contributed by atoms with Crippen LogP contribution in [0.25, 0.3) is 0 Å². The third kappa shape index (κ3) is 5.49. The number of carbonyl (C=O) groups excluding carboxylic acids is 1. The van der Waals surface area contributed by atoms with E-state index in [0.29, 0.717) is 25.9 Å². The Morgan fingerprint density at radius 2 is 1.89 bits per heavy atom. The van der Waals surface area contributed by atoms with E-state index in [-0.39, 0.29) is 24.0 Å². The van der Waals surface area contributed by atoms with Gasteiger partial charge in [-0.15, -0.1) is 0 Å². The minimum atomic E-state index is -0.717. The quantitative estimate of drug-likeness (QED) is 0.757.